The number of nitrogens with one attached hydrogen (secondary N) is 1. The van der Waals surface area contributed by atoms with Gasteiger partial charge in [0.05, 0.1) is 16.0 Å². The topological polar surface area (TPSA) is 66.4 Å². The number of amides is 1. The highest BCUT2D eigenvalue weighted by Gasteiger charge is 2.23. The van der Waals surface area contributed by atoms with Crippen LogP contribution in [0, 0.1) is 0 Å². The van der Waals surface area contributed by atoms with Crippen molar-refractivity contribution in [1.29, 1.82) is 0 Å². The van der Waals surface area contributed by atoms with Crippen molar-refractivity contribution >= 4 is 40.8 Å². The Hall–Kier alpha value is -2.04. The Kier molecular flexibility index (Phi) is 5.41. The molecule has 1 unspecified atom stereocenters. The number of anilines is 1. The zero-order valence-corrected chi connectivity index (χ0v) is 12.9. The first kappa shape index (κ1) is 16.3. The van der Waals surface area contributed by atoms with Crippen molar-refractivity contribution in [1.82, 2.24) is 0 Å². The Morgan fingerprint density at radius 2 is 1.73 bits per heavy atom. The Morgan fingerprint density at radius 1 is 1.05 bits per heavy atom. The van der Waals surface area contributed by atoms with Crippen molar-refractivity contribution in [2.75, 3.05) is 5.32 Å². The van der Waals surface area contributed by atoms with Crippen molar-refractivity contribution in [2.45, 2.75) is 12.3 Å². The van der Waals surface area contributed by atoms with Crippen molar-refractivity contribution in [3.05, 3.63) is 64.1 Å². The summed E-state index contributed by atoms with van der Waals surface area (Å²) in [5.41, 5.74) is 1.05. The second kappa shape index (κ2) is 7.29. The average Bonchev–Trinajstić information content (AvgIpc) is 2.49. The van der Waals surface area contributed by atoms with Gasteiger partial charge in [0.1, 0.15) is 0 Å². The molecule has 114 valence electrons. The number of carboxylic acids is 1. The number of hydrogen-bond donors (Lipinski definition) is 2. The quantitative estimate of drug-likeness (QED) is 0.859. The van der Waals surface area contributed by atoms with Crippen molar-refractivity contribution in [2.24, 2.45) is 0 Å². The van der Waals surface area contributed by atoms with E-state index in [1.54, 1.807) is 42.5 Å². The summed E-state index contributed by atoms with van der Waals surface area (Å²) in [5.74, 6) is -2.35. The summed E-state index contributed by atoms with van der Waals surface area (Å²) in [6.45, 7) is 0. The molecule has 0 aliphatic carbocycles. The highest BCUT2D eigenvalue weighted by atomic mass is 35.5. The van der Waals surface area contributed by atoms with Crippen molar-refractivity contribution in [3.63, 3.8) is 0 Å². The third-order valence-electron chi connectivity index (χ3n) is 3.09. The van der Waals surface area contributed by atoms with Crippen molar-refractivity contribution < 1.29 is 14.7 Å². The van der Waals surface area contributed by atoms with Crippen LogP contribution in [0.25, 0.3) is 0 Å². The first-order valence-electron chi connectivity index (χ1n) is 6.50. The minimum atomic E-state index is -1.05. The molecule has 0 bridgehead atoms. The zero-order chi connectivity index (χ0) is 16.1. The zero-order valence-electron chi connectivity index (χ0n) is 11.4. The molecule has 0 spiro atoms. The highest BCUT2D eigenvalue weighted by molar-refractivity contribution is 6.42. The number of carbonyl (C=O) groups is 2. The number of hydrogen-bond acceptors (Lipinski definition) is 2. The van der Waals surface area contributed by atoms with E-state index in [-0.39, 0.29) is 6.42 Å². The molecule has 0 saturated carbocycles. The highest BCUT2D eigenvalue weighted by Crippen LogP contribution is 2.26. The summed E-state index contributed by atoms with van der Waals surface area (Å²) in [6.07, 6.45) is -0.167. The fraction of sp³-hybridized carbons (Fsp3) is 0.125. The lowest BCUT2D eigenvalue weighted by Crippen LogP contribution is -2.20. The molecule has 1 atom stereocenters. The fourth-order valence-electron chi connectivity index (χ4n) is 2.00. The van der Waals surface area contributed by atoms with Crippen LogP contribution in [0.3, 0.4) is 0 Å². The van der Waals surface area contributed by atoms with Gasteiger partial charge in [-0.2, -0.15) is 0 Å². The van der Waals surface area contributed by atoms with Gasteiger partial charge in [0, 0.05) is 12.1 Å². The van der Waals surface area contributed by atoms with Gasteiger partial charge in [-0.3, -0.25) is 9.59 Å². The van der Waals surface area contributed by atoms with Crippen LogP contribution in [0.2, 0.25) is 10.0 Å². The molecule has 2 aromatic rings. The molecule has 0 heterocycles. The number of carboxylic acid groups (broad SMARTS) is 1. The molecule has 1 amide bonds. The van der Waals surface area contributed by atoms with E-state index < -0.39 is 17.8 Å². The van der Waals surface area contributed by atoms with Crippen LogP contribution in [0.5, 0.6) is 0 Å². The molecule has 0 aliphatic rings. The molecule has 4 nitrogen and oxygen atoms in total. The van der Waals surface area contributed by atoms with Crippen LogP contribution in [0.1, 0.15) is 17.9 Å². The molecule has 22 heavy (non-hydrogen) atoms. The normalized spacial score (nSPS) is 11.7. The van der Waals surface area contributed by atoms with Crippen molar-refractivity contribution in [3.8, 4) is 0 Å². The van der Waals surface area contributed by atoms with Gasteiger partial charge < -0.3 is 10.4 Å². The molecule has 0 aliphatic heterocycles. The van der Waals surface area contributed by atoms with E-state index in [2.05, 4.69) is 5.32 Å². The van der Waals surface area contributed by atoms with Gasteiger partial charge in [0.2, 0.25) is 5.91 Å². The minimum Gasteiger partial charge on any atom is -0.481 e. The third-order valence-corrected chi connectivity index (χ3v) is 3.83. The Balaban J connectivity index is 2.08. The lowest BCUT2D eigenvalue weighted by molar-refractivity contribution is -0.140. The maximum Gasteiger partial charge on any atom is 0.311 e. The van der Waals surface area contributed by atoms with E-state index in [1.165, 1.54) is 6.07 Å². The lowest BCUT2D eigenvalue weighted by Gasteiger charge is -2.13. The van der Waals surface area contributed by atoms with Gasteiger partial charge in [-0.05, 0) is 23.8 Å². The summed E-state index contributed by atoms with van der Waals surface area (Å²) in [5, 5.41) is 12.6. The van der Waals surface area contributed by atoms with E-state index in [0.29, 0.717) is 21.3 Å². The molecular formula is C16H13Cl2NO3. The predicted molar refractivity (Wildman–Crippen MR) is 86.5 cm³/mol. The van der Waals surface area contributed by atoms with Gasteiger partial charge in [0.15, 0.2) is 0 Å². The number of halogens is 2. The number of carbonyl (C=O) groups excluding carboxylic acids is 1. The van der Waals surface area contributed by atoms with Gasteiger partial charge >= 0.3 is 5.97 Å². The van der Waals surface area contributed by atoms with Gasteiger partial charge in [0.25, 0.3) is 0 Å². The second-order valence-electron chi connectivity index (χ2n) is 4.68. The molecule has 0 radical (unpaired) electrons. The number of rotatable bonds is 5. The lowest BCUT2D eigenvalue weighted by atomic mass is 9.95. The van der Waals surface area contributed by atoms with E-state index in [9.17, 15) is 14.7 Å². The fourth-order valence-corrected chi connectivity index (χ4v) is 2.30. The second-order valence-corrected chi connectivity index (χ2v) is 5.50. The maximum atomic E-state index is 12.0. The summed E-state index contributed by atoms with van der Waals surface area (Å²) >= 11 is 11.7. The Labute approximate surface area is 137 Å². The van der Waals surface area contributed by atoms with Crippen LogP contribution in [-0.4, -0.2) is 17.0 Å². The summed E-state index contributed by atoms with van der Waals surface area (Å²) in [6, 6.07) is 13.3. The summed E-state index contributed by atoms with van der Waals surface area (Å²) < 4.78 is 0. The van der Waals surface area contributed by atoms with Crippen LogP contribution < -0.4 is 5.32 Å². The SMILES string of the molecule is O=C(CC(C(=O)O)c1ccccc1)Nc1ccc(Cl)c(Cl)c1. The number of aliphatic carboxylic acids is 1. The summed E-state index contributed by atoms with van der Waals surface area (Å²) in [7, 11) is 0. The Bertz CT molecular complexity index is 689. The largest absolute Gasteiger partial charge is 0.481 e. The maximum absolute atomic E-state index is 12.0. The van der Waals surface area contributed by atoms with Gasteiger partial charge in [-0.25, -0.2) is 0 Å². The van der Waals surface area contributed by atoms with Crippen LogP contribution in [0.15, 0.2) is 48.5 Å². The molecule has 2 N–H and O–H groups in total. The molecule has 0 aromatic heterocycles. The predicted octanol–water partition coefficient (Wildman–Crippen LogP) is 4.19. The van der Waals surface area contributed by atoms with E-state index >= 15 is 0 Å². The number of benzene rings is 2. The Morgan fingerprint density at radius 3 is 2.32 bits per heavy atom. The first-order valence-corrected chi connectivity index (χ1v) is 7.25. The van der Waals surface area contributed by atoms with E-state index in [4.69, 9.17) is 23.2 Å². The van der Waals surface area contributed by atoms with Crippen LogP contribution in [-0.2, 0) is 9.59 Å². The summed E-state index contributed by atoms with van der Waals surface area (Å²) in [4.78, 5) is 23.4. The standard InChI is InChI=1S/C16H13Cl2NO3/c17-13-7-6-11(8-14(13)18)19-15(20)9-12(16(21)22)10-4-2-1-3-5-10/h1-8,12H,9H2,(H,19,20)(H,21,22). The van der Waals surface area contributed by atoms with Gasteiger partial charge in [-0.1, -0.05) is 53.5 Å². The minimum absolute atomic E-state index is 0.167. The molecule has 0 fully saturated rings. The average molecular weight is 338 g/mol. The van der Waals surface area contributed by atoms with Crippen LogP contribution >= 0.6 is 23.2 Å². The smallest absolute Gasteiger partial charge is 0.311 e. The van der Waals surface area contributed by atoms with E-state index in [1.807, 2.05) is 0 Å². The monoisotopic (exact) mass is 337 g/mol. The van der Waals surface area contributed by atoms with E-state index in [0.717, 1.165) is 0 Å². The van der Waals surface area contributed by atoms with Gasteiger partial charge in [-0.15, -0.1) is 0 Å². The molecule has 0 saturated heterocycles. The van der Waals surface area contributed by atoms with Crippen LogP contribution in [0.4, 0.5) is 5.69 Å². The molecule has 6 heteroatoms. The first-order chi connectivity index (χ1) is 10.5. The molecule has 2 rings (SSSR count). The molecule has 2 aromatic carbocycles. The molecular weight excluding hydrogens is 325 g/mol. The third kappa shape index (κ3) is 4.23.